The Bertz CT molecular complexity index is 371. The highest BCUT2D eigenvalue weighted by Gasteiger charge is 2.08. The number of nitrogens with one attached hydrogen (secondary N) is 1. The van der Waals surface area contributed by atoms with Gasteiger partial charge in [0.25, 0.3) is 0 Å². The molecule has 0 bridgehead atoms. The number of hydrogen-bond donors (Lipinski definition) is 1. The van der Waals surface area contributed by atoms with E-state index < -0.39 is 0 Å². The largest absolute Gasteiger partial charge is 0.496 e. The maximum absolute atomic E-state index is 5.46. The summed E-state index contributed by atoms with van der Waals surface area (Å²) in [4.78, 5) is 0. The van der Waals surface area contributed by atoms with Crippen molar-refractivity contribution in [3.63, 3.8) is 0 Å². The molecule has 94 valence electrons. The zero-order valence-electron chi connectivity index (χ0n) is 11.2. The Kier molecular flexibility index (Phi) is 5.61. The smallest absolute Gasteiger partial charge is 0.122 e. The van der Waals surface area contributed by atoms with E-state index >= 15 is 0 Å². The van der Waals surface area contributed by atoms with Crippen molar-refractivity contribution in [1.29, 1.82) is 0 Å². The molecule has 1 rings (SSSR count). The van der Waals surface area contributed by atoms with Crippen molar-refractivity contribution in [2.75, 3.05) is 7.11 Å². The number of rotatable bonds is 7. The maximum atomic E-state index is 5.46. The van der Waals surface area contributed by atoms with Gasteiger partial charge in [0.05, 0.1) is 7.11 Å². The fraction of sp³-hybridized carbons (Fsp3) is 0.467. The molecule has 0 aromatic heterocycles. The quantitative estimate of drug-likeness (QED) is 0.779. The molecule has 0 radical (unpaired) electrons. The van der Waals surface area contributed by atoms with E-state index in [1.165, 1.54) is 16.7 Å². The van der Waals surface area contributed by atoms with Crippen molar-refractivity contribution >= 4 is 0 Å². The molecule has 0 heterocycles. The summed E-state index contributed by atoms with van der Waals surface area (Å²) >= 11 is 0. The predicted octanol–water partition coefficient (Wildman–Crippen LogP) is 3.44. The summed E-state index contributed by atoms with van der Waals surface area (Å²) < 4.78 is 5.46. The Morgan fingerprint density at radius 1 is 1.24 bits per heavy atom. The van der Waals surface area contributed by atoms with Gasteiger partial charge in [-0.15, -0.1) is 0 Å². The molecule has 0 aliphatic heterocycles. The molecule has 0 spiro atoms. The van der Waals surface area contributed by atoms with Gasteiger partial charge in [-0.1, -0.05) is 32.9 Å². The first-order valence-corrected chi connectivity index (χ1v) is 6.29. The van der Waals surface area contributed by atoms with Gasteiger partial charge < -0.3 is 10.1 Å². The van der Waals surface area contributed by atoms with Crippen molar-refractivity contribution in [1.82, 2.24) is 5.32 Å². The lowest BCUT2D eigenvalue weighted by molar-refractivity contribution is 0.408. The Labute approximate surface area is 105 Å². The van der Waals surface area contributed by atoms with Crippen LogP contribution < -0.4 is 10.1 Å². The van der Waals surface area contributed by atoms with E-state index in [2.05, 4.69) is 37.9 Å². The van der Waals surface area contributed by atoms with Gasteiger partial charge in [0.2, 0.25) is 0 Å². The lowest BCUT2D eigenvalue weighted by Crippen LogP contribution is -2.08. The Balaban J connectivity index is 3.08. The lowest BCUT2D eigenvalue weighted by Gasteiger charge is -2.14. The van der Waals surface area contributed by atoms with Crippen molar-refractivity contribution in [3.05, 3.63) is 41.6 Å². The molecule has 2 nitrogen and oxygen atoms in total. The third kappa shape index (κ3) is 3.52. The summed E-state index contributed by atoms with van der Waals surface area (Å²) in [5.74, 6) is 1.02. The first-order valence-electron chi connectivity index (χ1n) is 6.29. The molecule has 2 heteroatoms. The summed E-state index contributed by atoms with van der Waals surface area (Å²) in [6.45, 7) is 8.89. The molecule has 0 amide bonds. The van der Waals surface area contributed by atoms with Gasteiger partial charge in [0.1, 0.15) is 5.75 Å². The van der Waals surface area contributed by atoms with Crippen LogP contribution in [-0.2, 0) is 19.4 Å². The van der Waals surface area contributed by atoms with E-state index in [4.69, 9.17) is 4.74 Å². The van der Waals surface area contributed by atoms with Gasteiger partial charge in [-0.3, -0.25) is 0 Å². The molecule has 0 aliphatic carbocycles. The minimum Gasteiger partial charge on any atom is -0.496 e. The zero-order valence-corrected chi connectivity index (χ0v) is 11.2. The maximum Gasteiger partial charge on any atom is 0.122 e. The van der Waals surface area contributed by atoms with E-state index in [0.29, 0.717) is 0 Å². The van der Waals surface area contributed by atoms with Gasteiger partial charge in [-0.25, -0.2) is 0 Å². The summed E-state index contributed by atoms with van der Waals surface area (Å²) in [6, 6.07) is 4.43. The predicted molar refractivity (Wildman–Crippen MR) is 73.4 cm³/mol. The topological polar surface area (TPSA) is 21.3 Å². The van der Waals surface area contributed by atoms with Crippen LogP contribution in [0.3, 0.4) is 0 Å². The van der Waals surface area contributed by atoms with Gasteiger partial charge in [-0.2, -0.15) is 0 Å². The molecule has 0 saturated heterocycles. The first kappa shape index (κ1) is 13.6. The van der Waals surface area contributed by atoms with Crippen LogP contribution in [0.2, 0.25) is 0 Å². The van der Waals surface area contributed by atoms with Crippen molar-refractivity contribution in [3.8, 4) is 5.75 Å². The minimum atomic E-state index is 0.841. The third-order valence-electron chi connectivity index (χ3n) is 2.94. The highest BCUT2D eigenvalue weighted by molar-refractivity contribution is 5.43. The normalized spacial score (nSPS) is 10.1. The van der Waals surface area contributed by atoms with Gasteiger partial charge in [0, 0.05) is 6.54 Å². The molecular formula is C15H23NO. The monoisotopic (exact) mass is 233 g/mol. The Hall–Kier alpha value is -1.44. The summed E-state index contributed by atoms with van der Waals surface area (Å²) in [5.41, 5.74) is 3.99. The second-order valence-electron chi connectivity index (χ2n) is 4.12. The van der Waals surface area contributed by atoms with Crippen LogP contribution in [0, 0.1) is 0 Å². The zero-order chi connectivity index (χ0) is 12.7. The van der Waals surface area contributed by atoms with Gasteiger partial charge in [-0.05, 0) is 41.8 Å². The average Bonchev–Trinajstić information content (AvgIpc) is 2.36. The van der Waals surface area contributed by atoms with E-state index in [1.807, 2.05) is 0 Å². The van der Waals surface area contributed by atoms with Crippen LogP contribution in [0.1, 0.15) is 37.0 Å². The van der Waals surface area contributed by atoms with Crippen molar-refractivity contribution < 1.29 is 4.74 Å². The second kappa shape index (κ2) is 7.00. The molecular weight excluding hydrogens is 210 g/mol. The van der Waals surface area contributed by atoms with E-state index in [0.717, 1.165) is 31.6 Å². The van der Waals surface area contributed by atoms with Gasteiger partial charge in [0.15, 0.2) is 0 Å². The van der Waals surface area contributed by atoms with Gasteiger partial charge >= 0.3 is 0 Å². The average molecular weight is 233 g/mol. The molecule has 1 N–H and O–H groups in total. The molecule has 0 atom stereocenters. The number of ether oxygens (including phenoxy) is 1. The Morgan fingerprint density at radius 2 is 2.00 bits per heavy atom. The molecule has 0 unspecified atom stereocenters. The van der Waals surface area contributed by atoms with Crippen LogP contribution in [0.5, 0.6) is 5.75 Å². The fourth-order valence-corrected chi connectivity index (χ4v) is 2.05. The van der Waals surface area contributed by atoms with Crippen molar-refractivity contribution in [2.45, 2.75) is 39.7 Å². The van der Waals surface area contributed by atoms with Crippen LogP contribution >= 0.6 is 0 Å². The number of benzene rings is 1. The SMILES string of the molecule is C=CNCc1cc(CCC)c(OC)cc1CC. The summed E-state index contributed by atoms with van der Waals surface area (Å²) in [7, 11) is 1.75. The van der Waals surface area contributed by atoms with E-state index in [-0.39, 0.29) is 0 Å². The second-order valence-corrected chi connectivity index (χ2v) is 4.12. The van der Waals surface area contributed by atoms with Crippen LogP contribution in [-0.4, -0.2) is 7.11 Å². The molecule has 0 fully saturated rings. The Morgan fingerprint density at radius 3 is 2.53 bits per heavy atom. The molecule has 1 aromatic rings. The summed E-state index contributed by atoms with van der Waals surface area (Å²) in [6.07, 6.45) is 4.96. The highest BCUT2D eigenvalue weighted by Crippen LogP contribution is 2.25. The number of methoxy groups -OCH3 is 1. The number of hydrogen-bond acceptors (Lipinski definition) is 2. The first-order chi connectivity index (χ1) is 8.26. The van der Waals surface area contributed by atoms with Crippen LogP contribution in [0.15, 0.2) is 24.9 Å². The molecule has 17 heavy (non-hydrogen) atoms. The third-order valence-corrected chi connectivity index (χ3v) is 2.94. The number of aryl methyl sites for hydroxylation is 2. The fourth-order valence-electron chi connectivity index (χ4n) is 2.05. The lowest BCUT2D eigenvalue weighted by atomic mass is 9.98. The molecule has 0 saturated carbocycles. The highest BCUT2D eigenvalue weighted by atomic mass is 16.5. The van der Waals surface area contributed by atoms with E-state index in [9.17, 15) is 0 Å². The molecule has 0 aliphatic rings. The summed E-state index contributed by atoms with van der Waals surface area (Å²) in [5, 5.41) is 3.17. The standard InChI is InChI=1S/C15H23NO/c1-5-8-13-9-14(11-16-7-3)12(6-2)10-15(13)17-4/h7,9-10,16H,3,5-6,8,11H2,1-2,4H3. The molecule has 1 aromatic carbocycles. The van der Waals surface area contributed by atoms with E-state index in [1.54, 1.807) is 13.3 Å². The van der Waals surface area contributed by atoms with Crippen LogP contribution in [0.25, 0.3) is 0 Å². The minimum absolute atomic E-state index is 0.841. The van der Waals surface area contributed by atoms with Crippen molar-refractivity contribution in [2.24, 2.45) is 0 Å². The van der Waals surface area contributed by atoms with Crippen LogP contribution in [0.4, 0.5) is 0 Å².